The molecule has 5 N–H and O–H groups in total. The number of hydrogen-bond donors (Lipinski definition) is 3. The summed E-state index contributed by atoms with van der Waals surface area (Å²) in [5.74, 6) is 0.755. The molecule has 1 atom stereocenters. The molecule has 0 saturated heterocycles. The topological polar surface area (TPSA) is 76.4 Å². The van der Waals surface area contributed by atoms with Gasteiger partial charge in [-0.15, -0.1) is 0 Å². The zero-order valence-corrected chi connectivity index (χ0v) is 19.1. The second-order valence-corrected chi connectivity index (χ2v) is 9.39. The Bertz CT molecular complexity index is 1680. The summed E-state index contributed by atoms with van der Waals surface area (Å²) in [7, 11) is 0. The summed E-state index contributed by atoms with van der Waals surface area (Å²) in [5, 5.41) is 5.83. The van der Waals surface area contributed by atoms with E-state index in [1.807, 2.05) is 18.2 Å². The molecule has 5 aromatic carbocycles. The van der Waals surface area contributed by atoms with Crippen LogP contribution in [0.15, 0.2) is 108 Å². The summed E-state index contributed by atoms with van der Waals surface area (Å²) in [6, 6.07) is 35.6. The molecule has 0 spiro atoms. The third kappa shape index (κ3) is 3.00. The van der Waals surface area contributed by atoms with Crippen molar-refractivity contribution in [1.82, 2.24) is 0 Å². The molecule has 1 aliphatic carbocycles. The van der Waals surface area contributed by atoms with Crippen molar-refractivity contribution in [3.8, 4) is 11.1 Å². The predicted molar refractivity (Wildman–Crippen MR) is 145 cm³/mol. The minimum atomic E-state index is -1.08. The lowest BCUT2D eigenvalue weighted by Gasteiger charge is -2.35. The summed E-state index contributed by atoms with van der Waals surface area (Å²) in [5.41, 5.74) is 22.0. The Hall–Kier alpha value is -4.41. The highest BCUT2D eigenvalue weighted by atomic mass is 15.1. The molecular formula is C31H24N4. The number of nitrogen functional groups attached to an aromatic ring is 1. The number of amidine groups is 1. The number of rotatable bonds is 2. The van der Waals surface area contributed by atoms with E-state index in [2.05, 4.69) is 90.2 Å². The van der Waals surface area contributed by atoms with E-state index < -0.39 is 5.66 Å². The van der Waals surface area contributed by atoms with Crippen molar-refractivity contribution in [1.29, 1.82) is 0 Å². The van der Waals surface area contributed by atoms with Crippen LogP contribution in [0.3, 0.4) is 0 Å². The molecule has 4 nitrogen and oxygen atoms in total. The first kappa shape index (κ1) is 20.0. The van der Waals surface area contributed by atoms with E-state index in [-0.39, 0.29) is 0 Å². The monoisotopic (exact) mass is 452 g/mol. The van der Waals surface area contributed by atoms with Crippen LogP contribution in [0.2, 0.25) is 0 Å². The lowest BCUT2D eigenvalue weighted by Crippen LogP contribution is -2.42. The molecule has 4 heteroatoms. The molecule has 2 aliphatic rings. The van der Waals surface area contributed by atoms with E-state index in [1.54, 1.807) is 0 Å². The first-order chi connectivity index (χ1) is 17.1. The van der Waals surface area contributed by atoms with Crippen LogP contribution in [-0.4, -0.2) is 5.84 Å². The lowest BCUT2D eigenvalue weighted by atomic mass is 9.87. The fraction of sp³-hybridized carbons (Fsp3) is 0.0645. The van der Waals surface area contributed by atoms with Gasteiger partial charge in [-0.1, -0.05) is 84.9 Å². The maximum atomic E-state index is 7.25. The number of fused-ring (bicyclic) bond motifs is 5. The fourth-order valence-electron chi connectivity index (χ4n) is 5.54. The molecule has 7 rings (SSSR count). The van der Waals surface area contributed by atoms with Crippen LogP contribution in [0.4, 0.5) is 11.4 Å². The molecule has 0 saturated carbocycles. The normalized spacial score (nSPS) is 17.8. The minimum Gasteiger partial charge on any atom is -0.399 e. The number of nitrogens with two attached hydrogens (primary N) is 2. The average molecular weight is 453 g/mol. The minimum absolute atomic E-state index is 0.665. The number of hydrogen-bond acceptors (Lipinski definition) is 4. The van der Waals surface area contributed by atoms with Gasteiger partial charge in [0.2, 0.25) is 0 Å². The van der Waals surface area contributed by atoms with Gasteiger partial charge in [0, 0.05) is 22.5 Å². The maximum absolute atomic E-state index is 7.25. The number of anilines is 2. The Morgan fingerprint density at radius 1 is 0.714 bits per heavy atom. The van der Waals surface area contributed by atoms with Crippen LogP contribution in [0.1, 0.15) is 27.8 Å². The quantitative estimate of drug-likeness (QED) is 0.281. The first-order valence-electron chi connectivity index (χ1n) is 11.9. The van der Waals surface area contributed by atoms with Crippen molar-refractivity contribution in [2.75, 3.05) is 11.1 Å². The molecule has 1 heterocycles. The van der Waals surface area contributed by atoms with E-state index in [9.17, 15) is 0 Å². The van der Waals surface area contributed by atoms with Gasteiger partial charge in [0.25, 0.3) is 0 Å². The van der Waals surface area contributed by atoms with Crippen LogP contribution in [0, 0.1) is 0 Å². The Morgan fingerprint density at radius 2 is 1.49 bits per heavy atom. The smallest absolute Gasteiger partial charge is 0.164 e. The van der Waals surface area contributed by atoms with Crippen molar-refractivity contribution in [2.45, 2.75) is 12.1 Å². The highest BCUT2D eigenvalue weighted by Crippen LogP contribution is 2.43. The molecule has 35 heavy (non-hydrogen) atoms. The van der Waals surface area contributed by atoms with Crippen molar-refractivity contribution in [3.63, 3.8) is 0 Å². The van der Waals surface area contributed by atoms with Gasteiger partial charge in [0.1, 0.15) is 5.84 Å². The number of nitrogens with one attached hydrogen (secondary N) is 1. The van der Waals surface area contributed by atoms with Crippen molar-refractivity contribution in [3.05, 3.63) is 131 Å². The number of aliphatic imine (C=N–C) groups is 1. The Morgan fingerprint density at radius 3 is 2.43 bits per heavy atom. The summed E-state index contributed by atoms with van der Waals surface area (Å²) < 4.78 is 0. The van der Waals surface area contributed by atoms with E-state index in [1.165, 1.54) is 22.3 Å². The van der Waals surface area contributed by atoms with Gasteiger partial charge in [-0.3, -0.25) is 5.73 Å². The lowest BCUT2D eigenvalue weighted by molar-refractivity contribution is 0.568. The Labute approximate surface area is 203 Å². The molecule has 1 unspecified atom stereocenters. The van der Waals surface area contributed by atoms with E-state index in [4.69, 9.17) is 16.5 Å². The zero-order valence-electron chi connectivity index (χ0n) is 19.1. The zero-order chi connectivity index (χ0) is 23.6. The summed E-state index contributed by atoms with van der Waals surface area (Å²) in [6.07, 6.45) is 0.900. The van der Waals surface area contributed by atoms with Crippen LogP contribution in [-0.2, 0) is 12.1 Å². The molecule has 0 amide bonds. The molecule has 0 fully saturated rings. The molecular weight excluding hydrogens is 428 g/mol. The van der Waals surface area contributed by atoms with Crippen LogP contribution >= 0.6 is 0 Å². The molecule has 1 aliphatic heterocycles. The van der Waals surface area contributed by atoms with Gasteiger partial charge >= 0.3 is 0 Å². The van der Waals surface area contributed by atoms with Gasteiger partial charge in [-0.05, 0) is 63.2 Å². The Balaban J connectivity index is 1.44. The predicted octanol–water partition coefficient (Wildman–Crippen LogP) is 6.03. The van der Waals surface area contributed by atoms with Crippen molar-refractivity contribution < 1.29 is 0 Å². The molecule has 168 valence electrons. The molecule has 0 bridgehead atoms. The third-order valence-electron chi connectivity index (χ3n) is 7.27. The fourth-order valence-corrected chi connectivity index (χ4v) is 5.54. The van der Waals surface area contributed by atoms with Gasteiger partial charge in [-0.25, -0.2) is 4.99 Å². The van der Waals surface area contributed by atoms with Crippen LogP contribution in [0.5, 0.6) is 0 Å². The Kier molecular flexibility index (Phi) is 4.17. The maximum Gasteiger partial charge on any atom is 0.164 e. The molecule has 0 radical (unpaired) electrons. The number of benzene rings is 5. The highest BCUT2D eigenvalue weighted by molar-refractivity contribution is 6.17. The van der Waals surface area contributed by atoms with E-state index in [0.717, 1.165) is 45.4 Å². The summed E-state index contributed by atoms with van der Waals surface area (Å²) in [4.78, 5) is 5.19. The highest BCUT2D eigenvalue weighted by Gasteiger charge is 2.37. The second-order valence-electron chi connectivity index (χ2n) is 9.39. The van der Waals surface area contributed by atoms with Gasteiger partial charge in [0.15, 0.2) is 5.66 Å². The van der Waals surface area contributed by atoms with Gasteiger partial charge in [0.05, 0.1) is 0 Å². The van der Waals surface area contributed by atoms with Crippen molar-refractivity contribution in [2.24, 2.45) is 10.7 Å². The SMILES string of the molecule is Nc1ccc2c(c1)C(N)(c1ccc3c(c1)Cc1ccccc1-3)N=C(c1cccc3ccccc13)N2. The molecule has 0 aromatic heterocycles. The first-order valence-corrected chi connectivity index (χ1v) is 11.9. The molecule has 5 aromatic rings. The van der Waals surface area contributed by atoms with Crippen molar-refractivity contribution >= 4 is 28.0 Å². The second kappa shape index (κ2) is 7.29. The standard InChI is InChI=1S/C31H24N4/c32-23-13-15-29-28(18-23)31(33,22-12-14-26-21(17-22)16-20-7-2-4-10-25(20)26)35-30(34-29)27-11-5-8-19-6-1-3-9-24(19)27/h1-15,17-18H,16,32-33H2,(H,34,35). The largest absolute Gasteiger partial charge is 0.399 e. The average Bonchev–Trinajstić information content (AvgIpc) is 3.27. The third-order valence-corrected chi connectivity index (χ3v) is 7.27. The van der Waals surface area contributed by atoms with E-state index in [0.29, 0.717) is 5.69 Å². The van der Waals surface area contributed by atoms with Crippen LogP contribution in [0.25, 0.3) is 21.9 Å². The summed E-state index contributed by atoms with van der Waals surface area (Å²) in [6.45, 7) is 0. The van der Waals surface area contributed by atoms with Gasteiger partial charge < -0.3 is 11.1 Å². The van der Waals surface area contributed by atoms with E-state index >= 15 is 0 Å². The van der Waals surface area contributed by atoms with Gasteiger partial charge in [-0.2, -0.15) is 0 Å². The number of nitrogens with zero attached hydrogens (tertiary/aromatic N) is 1. The summed E-state index contributed by atoms with van der Waals surface area (Å²) >= 11 is 0. The van der Waals surface area contributed by atoms with Crippen LogP contribution < -0.4 is 16.8 Å².